The average molecular weight is 412 g/mol. The second kappa shape index (κ2) is 8.72. The number of benzene rings is 2. The third-order valence-electron chi connectivity index (χ3n) is 3.78. The maximum Gasteiger partial charge on any atom is 0.119 e. The summed E-state index contributed by atoms with van der Waals surface area (Å²) in [5.74, 6) is 1.70. The van der Waals surface area contributed by atoms with Crippen molar-refractivity contribution < 1.29 is 9.47 Å². The highest BCUT2D eigenvalue weighted by molar-refractivity contribution is 9.10. The minimum atomic E-state index is 0.243. The zero-order valence-corrected chi connectivity index (χ0v) is 15.5. The van der Waals surface area contributed by atoms with Crippen molar-refractivity contribution >= 4 is 27.5 Å². The van der Waals surface area contributed by atoms with Gasteiger partial charge in [-0.3, -0.25) is 0 Å². The van der Waals surface area contributed by atoms with E-state index in [4.69, 9.17) is 21.1 Å². The fraction of sp³-hybridized carbons (Fsp3) is 0.333. The van der Waals surface area contributed by atoms with Gasteiger partial charge in [0.05, 0.1) is 12.1 Å². The Morgan fingerprint density at radius 1 is 0.875 bits per heavy atom. The summed E-state index contributed by atoms with van der Waals surface area (Å²) in [6.07, 6.45) is 0. The molecule has 2 aromatic rings. The van der Waals surface area contributed by atoms with Crippen molar-refractivity contribution in [2.24, 2.45) is 0 Å². The molecule has 2 atom stereocenters. The normalized spacial score (nSPS) is 20.6. The molecule has 24 heavy (non-hydrogen) atoms. The van der Waals surface area contributed by atoms with Crippen LogP contribution >= 0.6 is 27.5 Å². The Morgan fingerprint density at radius 3 is 1.92 bits per heavy atom. The SMILES string of the molecule is Clc1ccc(OC[C@@H]2CNC[C@H](COc3ccc(Br)cc3)N2)cc1. The van der Waals surface area contributed by atoms with Gasteiger partial charge in [-0.1, -0.05) is 27.5 Å². The molecular weight excluding hydrogens is 392 g/mol. The third kappa shape index (κ3) is 5.38. The van der Waals surface area contributed by atoms with Crippen LogP contribution in [-0.2, 0) is 0 Å². The maximum absolute atomic E-state index is 5.88. The maximum atomic E-state index is 5.88. The molecule has 0 spiro atoms. The number of piperazine rings is 1. The van der Waals surface area contributed by atoms with E-state index in [0.29, 0.717) is 18.2 Å². The van der Waals surface area contributed by atoms with Crippen molar-refractivity contribution in [1.29, 1.82) is 0 Å². The highest BCUT2D eigenvalue weighted by Gasteiger charge is 2.21. The van der Waals surface area contributed by atoms with E-state index in [1.54, 1.807) is 0 Å². The predicted octanol–water partition coefficient (Wildman–Crippen LogP) is 3.49. The summed E-state index contributed by atoms with van der Waals surface area (Å²) in [5, 5.41) is 7.71. The molecule has 1 saturated heterocycles. The number of rotatable bonds is 6. The van der Waals surface area contributed by atoms with Crippen LogP contribution in [0.3, 0.4) is 0 Å². The fourth-order valence-electron chi connectivity index (χ4n) is 2.55. The Hall–Kier alpha value is -1.27. The second-order valence-electron chi connectivity index (χ2n) is 5.75. The molecule has 2 N–H and O–H groups in total. The van der Waals surface area contributed by atoms with Crippen molar-refractivity contribution in [1.82, 2.24) is 10.6 Å². The first-order valence-electron chi connectivity index (χ1n) is 7.92. The standard InChI is InChI=1S/C18H20BrClN2O2/c19-13-1-5-17(6-2-13)23-11-15-9-21-10-16(22-15)12-24-18-7-3-14(20)4-8-18/h1-8,15-16,21-22H,9-12H2/t15-,16+/m1/s1. The Bertz CT molecular complexity index is 581. The van der Waals surface area contributed by atoms with Gasteiger partial charge in [-0.25, -0.2) is 0 Å². The van der Waals surface area contributed by atoms with Gasteiger partial charge in [0.2, 0.25) is 0 Å². The van der Waals surface area contributed by atoms with Gasteiger partial charge in [-0.05, 0) is 48.5 Å². The molecule has 4 nitrogen and oxygen atoms in total. The first kappa shape index (κ1) is 17.5. The smallest absolute Gasteiger partial charge is 0.119 e. The Labute approximate surface area is 155 Å². The zero-order valence-electron chi connectivity index (χ0n) is 13.2. The zero-order chi connectivity index (χ0) is 16.8. The highest BCUT2D eigenvalue weighted by atomic mass is 79.9. The number of nitrogens with one attached hydrogen (secondary N) is 2. The molecule has 0 bridgehead atoms. The number of halogens is 2. The molecule has 1 heterocycles. The van der Waals surface area contributed by atoms with E-state index in [1.165, 1.54) is 0 Å². The molecule has 6 heteroatoms. The molecule has 0 saturated carbocycles. The van der Waals surface area contributed by atoms with Crippen LogP contribution in [-0.4, -0.2) is 38.4 Å². The van der Waals surface area contributed by atoms with Gasteiger partial charge >= 0.3 is 0 Å². The van der Waals surface area contributed by atoms with E-state index < -0.39 is 0 Å². The molecule has 0 unspecified atom stereocenters. The summed E-state index contributed by atoms with van der Waals surface area (Å²) >= 11 is 9.30. The van der Waals surface area contributed by atoms with Crippen LogP contribution in [0, 0.1) is 0 Å². The van der Waals surface area contributed by atoms with Gasteiger partial charge in [0, 0.05) is 22.6 Å². The summed E-state index contributed by atoms with van der Waals surface area (Å²) in [7, 11) is 0. The van der Waals surface area contributed by atoms with Crippen molar-refractivity contribution in [2.75, 3.05) is 26.3 Å². The van der Waals surface area contributed by atoms with Crippen LogP contribution in [0.25, 0.3) is 0 Å². The van der Waals surface area contributed by atoms with Crippen LogP contribution < -0.4 is 20.1 Å². The summed E-state index contributed by atoms with van der Waals surface area (Å²) in [6, 6.07) is 15.8. The van der Waals surface area contributed by atoms with Crippen LogP contribution in [0.2, 0.25) is 5.02 Å². The lowest BCUT2D eigenvalue weighted by Gasteiger charge is -2.31. The second-order valence-corrected chi connectivity index (χ2v) is 7.10. The van der Waals surface area contributed by atoms with Crippen molar-refractivity contribution in [3.63, 3.8) is 0 Å². The summed E-state index contributed by atoms with van der Waals surface area (Å²) in [4.78, 5) is 0. The fourth-order valence-corrected chi connectivity index (χ4v) is 2.94. The molecule has 0 aromatic heterocycles. The van der Waals surface area contributed by atoms with Crippen LogP contribution in [0.5, 0.6) is 11.5 Å². The minimum Gasteiger partial charge on any atom is -0.492 e. The van der Waals surface area contributed by atoms with Crippen molar-refractivity contribution in [3.8, 4) is 11.5 Å². The number of ether oxygens (including phenoxy) is 2. The largest absolute Gasteiger partial charge is 0.492 e. The van der Waals surface area contributed by atoms with Crippen molar-refractivity contribution in [3.05, 3.63) is 58.0 Å². The molecule has 128 valence electrons. The molecule has 1 aliphatic heterocycles. The van der Waals surface area contributed by atoms with E-state index in [1.807, 2.05) is 48.5 Å². The van der Waals surface area contributed by atoms with Crippen LogP contribution in [0.15, 0.2) is 53.0 Å². The molecule has 0 aliphatic carbocycles. The number of hydrogen-bond donors (Lipinski definition) is 2. The monoisotopic (exact) mass is 410 g/mol. The predicted molar refractivity (Wildman–Crippen MR) is 100 cm³/mol. The summed E-state index contributed by atoms with van der Waals surface area (Å²) < 4.78 is 12.7. The van der Waals surface area contributed by atoms with Gasteiger partial charge in [-0.2, -0.15) is 0 Å². The quantitative estimate of drug-likeness (QED) is 0.763. The molecule has 1 aliphatic rings. The van der Waals surface area contributed by atoms with E-state index in [0.717, 1.165) is 29.1 Å². The average Bonchev–Trinajstić information content (AvgIpc) is 2.61. The van der Waals surface area contributed by atoms with E-state index >= 15 is 0 Å². The summed E-state index contributed by atoms with van der Waals surface area (Å²) in [5.41, 5.74) is 0. The number of hydrogen-bond acceptors (Lipinski definition) is 4. The van der Waals surface area contributed by atoms with Crippen LogP contribution in [0.1, 0.15) is 0 Å². The lowest BCUT2D eigenvalue weighted by molar-refractivity contribution is 0.186. The highest BCUT2D eigenvalue weighted by Crippen LogP contribution is 2.17. The van der Waals surface area contributed by atoms with Crippen molar-refractivity contribution in [2.45, 2.75) is 12.1 Å². The minimum absolute atomic E-state index is 0.243. The lowest BCUT2D eigenvalue weighted by Crippen LogP contribution is -2.58. The van der Waals surface area contributed by atoms with Gasteiger partial charge in [0.1, 0.15) is 24.7 Å². The van der Waals surface area contributed by atoms with Gasteiger partial charge in [0.25, 0.3) is 0 Å². The summed E-state index contributed by atoms with van der Waals surface area (Å²) in [6.45, 7) is 2.98. The molecule has 2 aromatic carbocycles. The van der Waals surface area contributed by atoms with Gasteiger partial charge < -0.3 is 20.1 Å². The first-order valence-corrected chi connectivity index (χ1v) is 9.09. The Kier molecular flexibility index (Phi) is 6.37. The topological polar surface area (TPSA) is 42.5 Å². The first-order chi connectivity index (χ1) is 11.7. The molecular formula is C18H20BrClN2O2. The lowest BCUT2D eigenvalue weighted by atomic mass is 10.1. The van der Waals surface area contributed by atoms with Gasteiger partial charge in [0.15, 0.2) is 0 Å². The Balaban J connectivity index is 1.43. The van der Waals surface area contributed by atoms with E-state index in [-0.39, 0.29) is 12.1 Å². The molecule has 1 fully saturated rings. The Morgan fingerprint density at radius 2 is 1.38 bits per heavy atom. The van der Waals surface area contributed by atoms with E-state index in [9.17, 15) is 0 Å². The molecule has 0 amide bonds. The molecule has 3 rings (SSSR count). The van der Waals surface area contributed by atoms with Crippen LogP contribution in [0.4, 0.5) is 0 Å². The third-order valence-corrected chi connectivity index (χ3v) is 4.56. The molecule has 0 radical (unpaired) electrons. The van der Waals surface area contributed by atoms with E-state index in [2.05, 4.69) is 26.6 Å². The van der Waals surface area contributed by atoms with Gasteiger partial charge in [-0.15, -0.1) is 0 Å².